The number of nitrogens with zero attached hydrogens (tertiary/aromatic N) is 3. The van der Waals surface area contributed by atoms with Crippen molar-refractivity contribution in [1.82, 2.24) is 14.5 Å². The monoisotopic (exact) mass is 332 g/mol. The third kappa shape index (κ3) is 3.07. The summed E-state index contributed by atoms with van der Waals surface area (Å²) < 4.78 is 1.98. The Morgan fingerprint density at radius 3 is 2.50 bits per heavy atom. The molecule has 0 spiro atoms. The van der Waals surface area contributed by atoms with Crippen LogP contribution in [-0.2, 0) is 0 Å². The van der Waals surface area contributed by atoms with Gasteiger partial charge in [0.05, 0.1) is 12.0 Å². The van der Waals surface area contributed by atoms with Crippen molar-refractivity contribution in [2.24, 2.45) is 0 Å². The molecule has 24 heavy (non-hydrogen) atoms. The van der Waals surface area contributed by atoms with Gasteiger partial charge in [-0.25, -0.2) is 9.97 Å². The molecule has 4 aromatic rings. The first kappa shape index (κ1) is 14.7. The van der Waals surface area contributed by atoms with Gasteiger partial charge in [0.1, 0.15) is 0 Å². The molecule has 0 radical (unpaired) electrons. The number of anilines is 2. The van der Waals surface area contributed by atoms with Crippen molar-refractivity contribution in [3.05, 3.63) is 78.2 Å². The molecule has 0 fully saturated rings. The minimum absolute atomic E-state index is 0.896. The molecule has 0 aliphatic carbocycles. The lowest BCUT2D eigenvalue weighted by molar-refractivity contribution is 1.06. The number of rotatable bonds is 4. The van der Waals surface area contributed by atoms with Crippen LogP contribution < -0.4 is 5.32 Å². The Kier molecular flexibility index (Phi) is 3.84. The van der Waals surface area contributed by atoms with E-state index >= 15 is 0 Å². The quantitative estimate of drug-likeness (QED) is 0.569. The number of hydrogen-bond acceptors (Lipinski definition) is 4. The second-order valence-electron chi connectivity index (χ2n) is 5.55. The molecule has 1 N–H and O–H groups in total. The van der Waals surface area contributed by atoms with Gasteiger partial charge in [-0.1, -0.05) is 29.8 Å². The Morgan fingerprint density at radius 2 is 1.79 bits per heavy atom. The molecule has 5 heteroatoms. The summed E-state index contributed by atoms with van der Waals surface area (Å²) >= 11 is 1.61. The van der Waals surface area contributed by atoms with Crippen molar-refractivity contribution >= 4 is 22.2 Å². The van der Waals surface area contributed by atoms with Crippen LogP contribution in [0.5, 0.6) is 0 Å². The van der Waals surface area contributed by atoms with Crippen LogP contribution in [0.25, 0.3) is 16.9 Å². The smallest absolute Gasteiger partial charge is 0.187 e. The van der Waals surface area contributed by atoms with Gasteiger partial charge in [0, 0.05) is 34.7 Å². The number of imidazole rings is 1. The molecule has 118 valence electrons. The summed E-state index contributed by atoms with van der Waals surface area (Å²) in [4.78, 5) is 8.75. The van der Waals surface area contributed by atoms with Gasteiger partial charge in [0.25, 0.3) is 0 Å². The van der Waals surface area contributed by atoms with Crippen LogP contribution >= 0.6 is 11.3 Å². The van der Waals surface area contributed by atoms with Gasteiger partial charge in [0.2, 0.25) is 0 Å². The topological polar surface area (TPSA) is 42.7 Å². The van der Waals surface area contributed by atoms with E-state index in [9.17, 15) is 0 Å². The summed E-state index contributed by atoms with van der Waals surface area (Å²) in [5, 5.41) is 6.32. The van der Waals surface area contributed by atoms with Crippen molar-refractivity contribution in [1.29, 1.82) is 0 Å². The lowest BCUT2D eigenvalue weighted by atomic mass is 10.1. The van der Waals surface area contributed by atoms with Crippen molar-refractivity contribution < 1.29 is 0 Å². The number of aryl methyl sites for hydroxylation is 1. The van der Waals surface area contributed by atoms with E-state index in [1.165, 1.54) is 5.56 Å². The Balaban J connectivity index is 1.53. The highest BCUT2D eigenvalue weighted by atomic mass is 32.1. The summed E-state index contributed by atoms with van der Waals surface area (Å²) in [5.41, 5.74) is 5.47. The SMILES string of the molecule is Cc1ccc(Nc2nc(-c3ccc(-n4ccnc4)cc3)cs2)cc1. The minimum atomic E-state index is 0.896. The maximum absolute atomic E-state index is 4.68. The zero-order valence-corrected chi connectivity index (χ0v) is 14.0. The van der Waals surface area contributed by atoms with E-state index in [1.807, 2.05) is 10.8 Å². The molecule has 0 amide bonds. The highest BCUT2D eigenvalue weighted by molar-refractivity contribution is 7.14. The molecule has 0 saturated carbocycles. The molecule has 2 aromatic heterocycles. The van der Waals surface area contributed by atoms with Gasteiger partial charge in [-0.3, -0.25) is 0 Å². The largest absolute Gasteiger partial charge is 0.332 e. The Morgan fingerprint density at radius 1 is 1.00 bits per heavy atom. The fraction of sp³-hybridized carbons (Fsp3) is 0.0526. The molecular formula is C19H16N4S. The minimum Gasteiger partial charge on any atom is -0.332 e. The van der Waals surface area contributed by atoms with Crippen molar-refractivity contribution in [2.75, 3.05) is 5.32 Å². The van der Waals surface area contributed by atoms with Gasteiger partial charge in [-0.05, 0) is 31.2 Å². The number of hydrogen-bond donors (Lipinski definition) is 1. The van der Waals surface area contributed by atoms with E-state index in [0.29, 0.717) is 0 Å². The molecule has 4 nitrogen and oxygen atoms in total. The molecule has 4 rings (SSSR count). The van der Waals surface area contributed by atoms with Gasteiger partial charge < -0.3 is 9.88 Å². The second kappa shape index (κ2) is 6.29. The van der Waals surface area contributed by atoms with Crippen LogP contribution in [0, 0.1) is 6.92 Å². The van der Waals surface area contributed by atoms with E-state index in [4.69, 9.17) is 0 Å². The van der Waals surface area contributed by atoms with Crippen LogP contribution in [0.1, 0.15) is 5.56 Å². The predicted octanol–water partition coefficient (Wildman–Crippen LogP) is 5.05. The summed E-state index contributed by atoms with van der Waals surface area (Å²) in [7, 11) is 0. The Bertz CT molecular complexity index is 922. The average Bonchev–Trinajstić information content (AvgIpc) is 3.29. The van der Waals surface area contributed by atoms with E-state index in [0.717, 1.165) is 27.8 Å². The molecule has 0 aliphatic heterocycles. The molecule has 2 aromatic carbocycles. The molecule has 0 unspecified atom stereocenters. The molecular weight excluding hydrogens is 316 g/mol. The van der Waals surface area contributed by atoms with E-state index in [-0.39, 0.29) is 0 Å². The lowest BCUT2D eigenvalue weighted by Crippen LogP contribution is -1.90. The van der Waals surface area contributed by atoms with Gasteiger partial charge in [-0.2, -0.15) is 0 Å². The van der Waals surface area contributed by atoms with Gasteiger partial charge in [0.15, 0.2) is 5.13 Å². The summed E-state index contributed by atoms with van der Waals surface area (Å²) in [5.74, 6) is 0. The van der Waals surface area contributed by atoms with Gasteiger partial charge >= 0.3 is 0 Å². The number of nitrogens with one attached hydrogen (secondary N) is 1. The highest BCUT2D eigenvalue weighted by Crippen LogP contribution is 2.27. The Hall–Kier alpha value is -2.92. The fourth-order valence-electron chi connectivity index (χ4n) is 2.44. The van der Waals surface area contributed by atoms with Crippen molar-refractivity contribution in [3.8, 4) is 16.9 Å². The first-order chi connectivity index (χ1) is 11.8. The zero-order valence-electron chi connectivity index (χ0n) is 13.2. The average molecular weight is 332 g/mol. The normalized spacial score (nSPS) is 10.7. The molecule has 0 saturated heterocycles. The third-order valence-corrected chi connectivity index (χ3v) is 4.53. The predicted molar refractivity (Wildman–Crippen MR) is 99.1 cm³/mol. The maximum atomic E-state index is 4.68. The molecule has 0 aliphatic rings. The van der Waals surface area contributed by atoms with Crippen LogP contribution in [0.15, 0.2) is 72.6 Å². The van der Waals surface area contributed by atoms with Crippen LogP contribution in [0.2, 0.25) is 0 Å². The molecule has 0 bridgehead atoms. The standard InChI is InChI=1S/C19H16N4S/c1-14-2-6-16(7-3-14)21-19-22-18(12-24-19)15-4-8-17(9-5-15)23-11-10-20-13-23/h2-13H,1H3,(H,21,22). The van der Waals surface area contributed by atoms with E-state index < -0.39 is 0 Å². The number of benzene rings is 2. The number of thiazole rings is 1. The highest BCUT2D eigenvalue weighted by Gasteiger charge is 2.05. The first-order valence-corrected chi connectivity index (χ1v) is 8.54. The summed E-state index contributed by atoms with van der Waals surface area (Å²) in [6, 6.07) is 16.6. The lowest BCUT2D eigenvalue weighted by Gasteiger charge is -2.04. The maximum Gasteiger partial charge on any atom is 0.187 e. The van der Waals surface area contributed by atoms with Crippen LogP contribution in [0.3, 0.4) is 0 Å². The summed E-state index contributed by atoms with van der Waals surface area (Å²) in [6.07, 6.45) is 5.50. The van der Waals surface area contributed by atoms with Crippen LogP contribution in [-0.4, -0.2) is 14.5 Å². The fourth-order valence-corrected chi connectivity index (χ4v) is 3.18. The molecule has 0 atom stereocenters. The van der Waals surface area contributed by atoms with Crippen molar-refractivity contribution in [3.63, 3.8) is 0 Å². The second-order valence-corrected chi connectivity index (χ2v) is 6.40. The molecule has 2 heterocycles. The third-order valence-electron chi connectivity index (χ3n) is 3.77. The van der Waals surface area contributed by atoms with Crippen LogP contribution in [0.4, 0.5) is 10.8 Å². The summed E-state index contributed by atoms with van der Waals surface area (Å²) in [6.45, 7) is 2.08. The van der Waals surface area contributed by atoms with Crippen molar-refractivity contribution in [2.45, 2.75) is 6.92 Å². The van der Waals surface area contributed by atoms with E-state index in [1.54, 1.807) is 23.9 Å². The van der Waals surface area contributed by atoms with E-state index in [2.05, 4.69) is 76.1 Å². The first-order valence-electron chi connectivity index (χ1n) is 7.66. The van der Waals surface area contributed by atoms with Gasteiger partial charge in [-0.15, -0.1) is 11.3 Å². The number of aromatic nitrogens is 3. The zero-order chi connectivity index (χ0) is 16.4. The Labute approximate surface area is 144 Å².